The normalized spacial score (nSPS) is 11.2. The second-order valence-corrected chi connectivity index (χ2v) is 6.61. The topological polar surface area (TPSA) is 74.6 Å². The number of benzene rings is 2. The summed E-state index contributed by atoms with van der Waals surface area (Å²) >= 11 is 0. The third kappa shape index (κ3) is 9.04. The minimum absolute atomic E-state index is 0.219. The molecule has 0 radical (unpaired) electrons. The monoisotopic (exact) mass is 370 g/mol. The van der Waals surface area contributed by atoms with Crippen molar-refractivity contribution in [1.29, 1.82) is 0 Å². The van der Waals surface area contributed by atoms with E-state index in [1.54, 1.807) is 0 Å². The van der Waals surface area contributed by atoms with Crippen LogP contribution in [0.5, 0.6) is 0 Å². The predicted molar refractivity (Wildman–Crippen MR) is 109 cm³/mol. The Bertz CT molecular complexity index is 673. The van der Waals surface area contributed by atoms with E-state index in [9.17, 15) is 9.59 Å². The first kappa shape index (κ1) is 22.4. The maximum Gasteiger partial charge on any atom is 0.307 e. The summed E-state index contributed by atoms with van der Waals surface area (Å²) in [6.45, 7) is 4.46. The van der Waals surface area contributed by atoms with Gasteiger partial charge in [0.2, 0.25) is 0 Å². The van der Waals surface area contributed by atoms with Crippen LogP contribution >= 0.6 is 0 Å². The number of carboxylic acid groups (broad SMARTS) is 2. The van der Waals surface area contributed by atoms with Crippen LogP contribution in [0.3, 0.4) is 0 Å². The highest BCUT2D eigenvalue weighted by atomic mass is 16.4. The second kappa shape index (κ2) is 12.7. The highest BCUT2D eigenvalue weighted by molar-refractivity contribution is 5.78. The largest absolute Gasteiger partial charge is 0.481 e. The fraction of sp³-hybridized carbons (Fsp3) is 0.391. The number of unbranched alkanes of at least 4 members (excludes halogenated alkanes) is 3. The van der Waals surface area contributed by atoms with Crippen LogP contribution in [-0.2, 0) is 16.0 Å². The molecule has 0 fully saturated rings. The molecule has 1 atom stereocenters. The molecule has 0 saturated heterocycles. The molecule has 146 valence electrons. The van der Waals surface area contributed by atoms with Crippen molar-refractivity contribution in [3.8, 4) is 11.1 Å². The molecule has 2 aromatic carbocycles. The van der Waals surface area contributed by atoms with E-state index in [-0.39, 0.29) is 12.8 Å². The van der Waals surface area contributed by atoms with Gasteiger partial charge in [0.25, 0.3) is 0 Å². The van der Waals surface area contributed by atoms with E-state index in [2.05, 4.69) is 13.8 Å². The van der Waals surface area contributed by atoms with Gasteiger partial charge in [0.15, 0.2) is 0 Å². The maximum absolute atomic E-state index is 11.1. The summed E-state index contributed by atoms with van der Waals surface area (Å²) in [5.41, 5.74) is 2.96. The Hall–Kier alpha value is -2.62. The number of hydrogen-bond donors (Lipinski definition) is 2. The predicted octanol–water partition coefficient (Wildman–Crippen LogP) is 5.66. The van der Waals surface area contributed by atoms with Gasteiger partial charge in [-0.1, -0.05) is 94.1 Å². The summed E-state index contributed by atoms with van der Waals surface area (Å²) in [5.74, 6) is -3.07. The minimum atomic E-state index is -1.09. The van der Waals surface area contributed by atoms with Crippen molar-refractivity contribution in [2.24, 2.45) is 5.92 Å². The molecule has 0 aliphatic carbocycles. The Morgan fingerprint density at radius 2 is 1.33 bits per heavy atom. The Balaban J connectivity index is 0.000000527. The molecule has 0 bridgehead atoms. The number of carbonyl (C=O) groups is 2. The zero-order chi connectivity index (χ0) is 20.1. The highest BCUT2D eigenvalue weighted by Crippen LogP contribution is 2.21. The fourth-order valence-electron chi connectivity index (χ4n) is 2.71. The lowest BCUT2D eigenvalue weighted by molar-refractivity contribution is -0.148. The molecular weight excluding hydrogens is 340 g/mol. The van der Waals surface area contributed by atoms with Crippen LogP contribution in [0.4, 0.5) is 0 Å². The Kier molecular flexibility index (Phi) is 10.5. The standard InChI is InChI=1S/C17H16O4.C6H14/c18-16(19)11-15(17(20)21)10-12-6-8-14(9-7-12)13-4-2-1-3-5-13;1-3-5-6-4-2/h1-9,15H,10-11H2,(H,18,19)(H,20,21);3-6H2,1-2H3/t15-;/m0./s1. The Morgan fingerprint density at radius 3 is 1.78 bits per heavy atom. The Labute approximate surface area is 161 Å². The summed E-state index contributed by atoms with van der Waals surface area (Å²) in [5, 5.41) is 17.8. The molecule has 0 spiro atoms. The van der Waals surface area contributed by atoms with Crippen LogP contribution in [0.15, 0.2) is 54.6 Å². The van der Waals surface area contributed by atoms with Gasteiger partial charge in [-0.05, 0) is 23.1 Å². The third-order valence-electron chi connectivity index (χ3n) is 4.27. The molecule has 0 aliphatic rings. The van der Waals surface area contributed by atoms with E-state index < -0.39 is 17.9 Å². The van der Waals surface area contributed by atoms with Crippen LogP contribution in [0.2, 0.25) is 0 Å². The molecule has 0 amide bonds. The van der Waals surface area contributed by atoms with Crippen LogP contribution in [0, 0.1) is 5.92 Å². The zero-order valence-corrected chi connectivity index (χ0v) is 16.2. The van der Waals surface area contributed by atoms with Gasteiger partial charge in [0.1, 0.15) is 0 Å². The number of hydrogen-bond acceptors (Lipinski definition) is 2. The first-order valence-electron chi connectivity index (χ1n) is 9.56. The average Bonchev–Trinajstić information content (AvgIpc) is 2.67. The summed E-state index contributed by atoms with van der Waals surface area (Å²) < 4.78 is 0. The summed E-state index contributed by atoms with van der Waals surface area (Å²) in [6.07, 6.45) is 5.39. The van der Waals surface area contributed by atoms with Crippen molar-refractivity contribution < 1.29 is 19.8 Å². The molecule has 4 heteroatoms. The van der Waals surface area contributed by atoms with E-state index in [1.165, 1.54) is 25.7 Å². The first-order chi connectivity index (χ1) is 13.0. The van der Waals surface area contributed by atoms with Crippen LogP contribution in [-0.4, -0.2) is 22.2 Å². The van der Waals surface area contributed by atoms with Gasteiger partial charge in [-0.15, -0.1) is 0 Å². The van der Waals surface area contributed by atoms with Gasteiger partial charge >= 0.3 is 11.9 Å². The second-order valence-electron chi connectivity index (χ2n) is 6.61. The van der Waals surface area contributed by atoms with E-state index >= 15 is 0 Å². The number of aliphatic carboxylic acids is 2. The van der Waals surface area contributed by atoms with Gasteiger partial charge in [0.05, 0.1) is 12.3 Å². The molecular formula is C23H30O4. The third-order valence-corrected chi connectivity index (χ3v) is 4.27. The van der Waals surface area contributed by atoms with Gasteiger partial charge in [0, 0.05) is 0 Å². The maximum atomic E-state index is 11.1. The van der Waals surface area contributed by atoms with Crippen LogP contribution < -0.4 is 0 Å². The molecule has 4 nitrogen and oxygen atoms in total. The molecule has 0 saturated carbocycles. The van der Waals surface area contributed by atoms with Crippen molar-refractivity contribution in [1.82, 2.24) is 0 Å². The van der Waals surface area contributed by atoms with Gasteiger partial charge in [-0.2, -0.15) is 0 Å². The number of carboxylic acids is 2. The van der Waals surface area contributed by atoms with Crippen molar-refractivity contribution in [3.63, 3.8) is 0 Å². The van der Waals surface area contributed by atoms with E-state index in [0.717, 1.165) is 16.7 Å². The lowest BCUT2D eigenvalue weighted by Crippen LogP contribution is -2.20. The van der Waals surface area contributed by atoms with Crippen molar-refractivity contribution in [2.75, 3.05) is 0 Å². The van der Waals surface area contributed by atoms with Crippen LogP contribution in [0.1, 0.15) is 51.5 Å². The van der Waals surface area contributed by atoms with Gasteiger partial charge in [-0.3, -0.25) is 9.59 Å². The van der Waals surface area contributed by atoms with Gasteiger partial charge in [-0.25, -0.2) is 0 Å². The molecule has 0 aromatic heterocycles. The summed E-state index contributed by atoms with van der Waals surface area (Å²) in [7, 11) is 0. The minimum Gasteiger partial charge on any atom is -0.481 e. The molecule has 27 heavy (non-hydrogen) atoms. The molecule has 2 rings (SSSR count). The quantitative estimate of drug-likeness (QED) is 0.559. The van der Waals surface area contributed by atoms with Crippen molar-refractivity contribution in [3.05, 3.63) is 60.2 Å². The van der Waals surface area contributed by atoms with E-state index in [1.807, 2.05) is 54.6 Å². The lowest BCUT2D eigenvalue weighted by Gasteiger charge is -2.10. The number of rotatable bonds is 9. The van der Waals surface area contributed by atoms with E-state index in [0.29, 0.717) is 0 Å². The molecule has 0 aliphatic heterocycles. The van der Waals surface area contributed by atoms with E-state index in [4.69, 9.17) is 10.2 Å². The zero-order valence-electron chi connectivity index (χ0n) is 16.2. The summed E-state index contributed by atoms with van der Waals surface area (Å²) in [6, 6.07) is 17.4. The average molecular weight is 370 g/mol. The molecule has 2 aromatic rings. The first-order valence-corrected chi connectivity index (χ1v) is 9.56. The molecule has 0 unspecified atom stereocenters. The van der Waals surface area contributed by atoms with Crippen LogP contribution in [0.25, 0.3) is 11.1 Å². The SMILES string of the molecule is CCCCCC.O=C(O)C[C@H](Cc1ccc(-c2ccccc2)cc1)C(=O)O. The Morgan fingerprint density at radius 1 is 0.815 bits per heavy atom. The van der Waals surface area contributed by atoms with Gasteiger partial charge < -0.3 is 10.2 Å². The fourth-order valence-corrected chi connectivity index (χ4v) is 2.71. The van der Waals surface area contributed by atoms with Crippen molar-refractivity contribution >= 4 is 11.9 Å². The smallest absolute Gasteiger partial charge is 0.307 e. The molecule has 0 heterocycles. The molecule has 2 N–H and O–H groups in total. The highest BCUT2D eigenvalue weighted by Gasteiger charge is 2.21. The summed E-state index contributed by atoms with van der Waals surface area (Å²) in [4.78, 5) is 21.7. The lowest BCUT2D eigenvalue weighted by atomic mass is 9.95. The van der Waals surface area contributed by atoms with Crippen molar-refractivity contribution in [2.45, 2.75) is 52.4 Å².